The Morgan fingerprint density at radius 2 is 1.90 bits per heavy atom. The summed E-state index contributed by atoms with van der Waals surface area (Å²) < 4.78 is 6.63. The molecule has 0 radical (unpaired) electrons. The molecule has 2 aliphatic rings. The fraction of sp³-hybridized carbons (Fsp3) is 0.591. The highest BCUT2D eigenvalue weighted by molar-refractivity contribution is 14.1. The summed E-state index contributed by atoms with van der Waals surface area (Å²) in [6.07, 6.45) is 2.58. The Morgan fingerprint density at radius 3 is 2.50 bits per heavy atom. The van der Waals surface area contributed by atoms with Crippen LogP contribution >= 0.6 is 22.6 Å². The first kappa shape index (κ1) is 23.1. The van der Waals surface area contributed by atoms with Gasteiger partial charge in [-0.05, 0) is 46.7 Å². The highest BCUT2D eigenvalue weighted by Crippen LogP contribution is 2.38. The summed E-state index contributed by atoms with van der Waals surface area (Å²) in [4.78, 5) is 41.7. The number of benzene rings is 1. The van der Waals surface area contributed by atoms with Crippen LogP contribution in [0.2, 0.25) is 0 Å². The highest BCUT2D eigenvalue weighted by Gasteiger charge is 2.53. The van der Waals surface area contributed by atoms with Gasteiger partial charge in [-0.25, -0.2) is 0 Å². The van der Waals surface area contributed by atoms with Crippen LogP contribution in [0.1, 0.15) is 38.2 Å². The second kappa shape index (κ2) is 10.2. The fourth-order valence-electron chi connectivity index (χ4n) is 4.46. The first-order valence-corrected chi connectivity index (χ1v) is 11.6. The number of hydrogen-bond donors (Lipinski definition) is 1. The van der Waals surface area contributed by atoms with E-state index in [-0.39, 0.29) is 24.7 Å². The molecular weight excluding hydrogens is 499 g/mol. The first-order valence-electron chi connectivity index (χ1n) is 10.5. The van der Waals surface area contributed by atoms with Gasteiger partial charge in [-0.1, -0.05) is 25.5 Å². The van der Waals surface area contributed by atoms with Gasteiger partial charge in [0.05, 0.1) is 19.8 Å². The van der Waals surface area contributed by atoms with Crippen molar-refractivity contribution in [2.75, 3.05) is 32.8 Å². The molecule has 2 unspecified atom stereocenters. The molecule has 8 heteroatoms. The second-order valence-electron chi connectivity index (χ2n) is 8.03. The fourth-order valence-corrected chi connectivity index (χ4v) is 4.82. The normalized spacial score (nSPS) is 25.3. The molecule has 1 aromatic carbocycles. The molecule has 1 amide bonds. The number of halogens is 1. The van der Waals surface area contributed by atoms with Crippen LogP contribution in [0.15, 0.2) is 24.3 Å². The predicted octanol–water partition coefficient (Wildman–Crippen LogP) is 2.55. The van der Waals surface area contributed by atoms with E-state index < -0.39 is 17.6 Å². The molecule has 2 atom stereocenters. The molecule has 30 heavy (non-hydrogen) atoms. The molecule has 164 valence electrons. The summed E-state index contributed by atoms with van der Waals surface area (Å²) >= 11 is 2.24. The average Bonchev–Trinajstić information content (AvgIpc) is 2.75. The number of carboxylic acid groups (broad SMARTS) is 1. The van der Waals surface area contributed by atoms with E-state index in [0.29, 0.717) is 39.1 Å². The van der Waals surface area contributed by atoms with Crippen molar-refractivity contribution in [2.24, 2.45) is 5.92 Å². The number of unbranched alkanes of at least 4 members (excludes halogenated alkanes) is 1. The van der Waals surface area contributed by atoms with Gasteiger partial charge in [0.25, 0.3) is 0 Å². The lowest BCUT2D eigenvalue weighted by Gasteiger charge is -2.55. The summed E-state index contributed by atoms with van der Waals surface area (Å²) in [6, 6.07) is 8.05. The molecule has 1 aromatic rings. The van der Waals surface area contributed by atoms with Gasteiger partial charge in [0.1, 0.15) is 11.6 Å². The average molecular weight is 528 g/mol. The standard InChI is InChI=1S/C22H29IN2O5/c1-2-3-4-20(27)25-15-19(26)18(21(28)29)14-22(25,24-9-11-30-12-10-24)13-16-5-7-17(23)8-6-16/h5-8,18H,2-4,9-15H2,1H3,(H,28,29). The molecule has 0 saturated carbocycles. The molecule has 0 aliphatic carbocycles. The summed E-state index contributed by atoms with van der Waals surface area (Å²) in [6.45, 7) is 4.12. The lowest BCUT2D eigenvalue weighted by Crippen LogP contribution is -2.70. The van der Waals surface area contributed by atoms with E-state index in [2.05, 4.69) is 27.5 Å². The van der Waals surface area contributed by atoms with Crippen LogP contribution in [0.5, 0.6) is 0 Å². The van der Waals surface area contributed by atoms with Crippen LogP contribution in [0.4, 0.5) is 0 Å². The van der Waals surface area contributed by atoms with Crippen molar-refractivity contribution < 1.29 is 24.2 Å². The molecule has 0 spiro atoms. The minimum atomic E-state index is -1.11. The Balaban J connectivity index is 2.05. The minimum Gasteiger partial charge on any atom is -0.481 e. The maximum absolute atomic E-state index is 13.2. The molecule has 1 N–H and O–H groups in total. The Labute approximate surface area is 190 Å². The van der Waals surface area contributed by atoms with Crippen molar-refractivity contribution >= 4 is 40.3 Å². The van der Waals surface area contributed by atoms with Crippen molar-refractivity contribution in [3.63, 3.8) is 0 Å². The summed E-state index contributed by atoms with van der Waals surface area (Å²) in [5.74, 6) is -2.68. The number of ether oxygens (including phenoxy) is 1. The van der Waals surface area contributed by atoms with Gasteiger partial charge in [0, 0.05) is 35.9 Å². The zero-order valence-electron chi connectivity index (χ0n) is 17.3. The second-order valence-corrected chi connectivity index (χ2v) is 9.28. The van der Waals surface area contributed by atoms with E-state index in [1.165, 1.54) is 0 Å². The molecule has 7 nitrogen and oxygen atoms in total. The van der Waals surface area contributed by atoms with E-state index in [9.17, 15) is 19.5 Å². The zero-order chi connectivity index (χ0) is 21.7. The monoisotopic (exact) mass is 528 g/mol. The third-order valence-electron chi connectivity index (χ3n) is 6.08. The number of carbonyl (C=O) groups excluding carboxylic acids is 2. The van der Waals surface area contributed by atoms with Gasteiger partial charge in [0.2, 0.25) is 5.91 Å². The largest absolute Gasteiger partial charge is 0.481 e. The summed E-state index contributed by atoms with van der Waals surface area (Å²) in [5.41, 5.74) is 0.173. The molecule has 2 aliphatic heterocycles. The van der Waals surface area contributed by atoms with Gasteiger partial charge in [-0.3, -0.25) is 19.3 Å². The molecule has 0 bridgehead atoms. The van der Waals surface area contributed by atoms with E-state index in [4.69, 9.17) is 4.74 Å². The van der Waals surface area contributed by atoms with Gasteiger partial charge in [-0.15, -0.1) is 0 Å². The molecule has 0 aromatic heterocycles. The number of likely N-dealkylation sites (tertiary alicyclic amines) is 1. The van der Waals surface area contributed by atoms with Crippen LogP contribution in [0, 0.1) is 9.49 Å². The van der Waals surface area contributed by atoms with Crippen molar-refractivity contribution in [3.8, 4) is 0 Å². The number of nitrogens with zero attached hydrogens (tertiary/aromatic N) is 2. The number of hydrogen-bond acceptors (Lipinski definition) is 5. The van der Waals surface area contributed by atoms with E-state index >= 15 is 0 Å². The van der Waals surface area contributed by atoms with Crippen LogP contribution in [0.3, 0.4) is 0 Å². The maximum atomic E-state index is 13.2. The van der Waals surface area contributed by atoms with E-state index in [1.54, 1.807) is 4.90 Å². The number of amides is 1. The SMILES string of the molecule is CCCCC(=O)N1CC(=O)C(C(=O)O)CC1(Cc1ccc(I)cc1)N1CCOCC1. The zero-order valence-corrected chi connectivity index (χ0v) is 19.5. The Hall–Kier alpha value is -1.52. The van der Waals surface area contributed by atoms with Crippen molar-refractivity contribution in [2.45, 2.75) is 44.7 Å². The van der Waals surface area contributed by atoms with Gasteiger partial charge < -0.3 is 14.7 Å². The van der Waals surface area contributed by atoms with Crippen molar-refractivity contribution in [1.29, 1.82) is 0 Å². The molecule has 2 fully saturated rings. The Morgan fingerprint density at radius 1 is 1.23 bits per heavy atom. The predicted molar refractivity (Wildman–Crippen MR) is 120 cm³/mol. The topological polar surface area (TPSA) is 87.2 Å². The molecule has 2 saturated heterocycles. The van der Waals surface area contributed by atoms with Crippen molar-refractivity contribution in [1.82, 2.24) is 9.80 Å². The summed E-state index contributed by atoms with van der Waals surface area (Å²) in [7, 11) is 0. The quantitative estimate of drug-likeness (QED) is 0.433. The number of rotatable bonds is 7. The van der Waals surface area contributed by atoms with Gasteiger partial charge in [0.15, 0.2) is 5.78 Å². The van der Waals surface area contributed by atoms with E-state index in [1.807, 2.05) is 31.2 Å². The summed E-state index contributed by atoms with van der Waals surface area (Å²) in [5, 5.41) is 9.74. The number of carbonyl (C=O) groups is 3. The third kappa shape index (κ3) is 5.03. The van der Waals surface area contributed by atoms with Crippen LogP contribution in [-0.2, 0) is 25.5 Å². The Kier molecular flexibility index (Phi) is 7.86. The Bertz CT molecular complexity index is 778. The van der Waals surface area contributed by atoms with Crippen LogP contribution in [-0.4, -0.2) is 71.1 Å². The lowest BCUT2D eigenvalue weighted by molar-refractivity contribution is -0.176. The molecule has 2 heterocycles. The lowest BCUT2D eigenvalue weighted by atomic mass is 9.79. The molecular formula is C22H29IN2O5. The number of aliphatic carboxylic acids is 1. The highest BCUT2D eigenvalue weighted by atomic mass is 127. The van der Waals surface area contributed by atoms with Gasteiger partial charge in [-0.2, -0.15) is 0 Å². The molecule has 3 rings (SSSR count). The number of Topliss-reactive ketones (excluding diaryl/α,β-unsaturated/α-hetero) is 1. The number of morpholine rings is 1. The number of carboxylic acids is 1. The van der Waals surface area contributed by atoms with Crippen molar-refractivity contribution in [3.05, 3.63) is 33.4 Å². The third-order valence-corrected chi connectivity index (χ3v) is 6.80. The minimum absolute atomic E-state index is 0.0777. The van der Waals surface area contributed by atoms with E-state index in [0.717, 1.165) is 22.0 Å². The van der Waals surface area contributed by atoms with Crippen LogP contribution in [0.25, 0.3) is 0 Å². The first-order chi connectivity index (χ1) is 14.4. The number of piperidine rings is 1. The number of ketones is 1. The smallest absolute Gasteiger partial charge is 0.314 e. The van der Waals surface area contributed by atoms with Gasteiger partial charge >= 0.3 is 5.97 Å². The maximum Gasteiger partial charge on any atom is 0.314 e. The van der Waals surface area contributed by atoms with Crippen LogP contribution < -0.4 is 0 Å².